The summed E-state index contributed by atoms with van der Waals surface area (Å²) in [7, 11) is 0. The molecule has 1 heterocycles. The lowest BCUT2D eigenvalue weighted by Crippen LogP contribution is -2.14. The van der Waals surface area contributed by atoms with Crippen molar-refractivity contribution in [3.8, 4) is 17.2 Å². The molecule has 0 saturated heterocycles. The number of nitrogens with one attached hydrogen (secondary N) is 1. The number of carbonyl (C=O) groups excluding carboxylic acids is 1. The van der Waals surface area contributed by atoms with Crippen LogP contribution in [0.4, 0.5) is 21.5 Å². The molecule has 4 rings (SSSR count). The van der Waals surface area contributed by atoms with E-state index in [9.17, 15) is 29.4 Å². The van der Waals surface area contributed by atoms with Gasteiger partial charge in [-0.2, -0.15) is 5.10 Å². The topological polar surface area (TPSA) is 152 Å². The van der Waals surface area contributed by atoms with Gasteiger partial charge in [-0.15, -0.1) is 0 Å². The zero-order chi connectivity index (χ0) is 27.4. The normalized spacial score (nSPS) is 10.6. The van der Waals surface area contributed by atoms with Gasteiger partial charge in [0.25, 0.3) is 11.6 Å². The number of amides is 1. The minimum atomic E-state index is -0.719. The fourth-order valence-corrected chi connectivity index (χ4v) is 3.40. The van der Waals surface area contributed by atoms with Crippen LogP contribution in [0, 0.1) is 39.9 Å². The maximum Gasteiger partial charge on any atom is 0.311 e. The second-order valence-corrected chi connectivity index (χ2v) is 8.18. The zero-order valence-electron chi connectivity index (χ0n) is 20.1. The van der Waals surface area contributed by atoms with E-state index in [1.54, 1.807) is 6.07 Å². The van der Waals surface area contributed by atoms with Crippen molar-refractivity contribution in [1.29, 1.82) is 0 Å². The number of nitrogens with zero attached hydrogens (tertiary/aromatic N) is 4. The number of benzene rings is 3. The highest BCUT2D eigenvalue weighted by molar-refractivity contribution is 6.03. The molecule has 0 fully saturated rings. The third-order valence-electron chi connectivity index (χ3n) is 5.28. The van der Waals surface area contributed by atoms with Gasteiger partial charge in [0.15, 0.2) is 12.4 Å². The number of rotatable bonds is 9. The first kappa shape index (κ1) is 25.8. The molecular formula is C25H20FN5O7. The molecule has 194 valence electrons. The number of halogens is 1. The smallest absolute Gasteiger partial charge is 0.311 e. The van der Waals surface area contributed by atoms with Gasteiger partial charge in [-0.1, -0.05) is 12.1 Å². The van der Waals surface area contributed by atoms with Crippen LogP contribution >= 0.6 is 0 Å². The van der Waals surface area contributed by atoms with Crippen molar-refractivity contribution in [1.82, 2.24) is 9.78 Å². The molecule has 4 aromatic rings. The van der Waals surface area contributed by atoms with Crippen molar-refractivity contribution in [2.75, 3.05) is 5.32 Å². The van der Waals surface area contributed by atoms with Gasteiger partial charge in [0, 0.05) is 30.5 Å². The Bertz CT molecular complexity index is 1550. The zero-order valence-corrected chi connectivity index (χ0v) is 20.1. The Hall–Kier alpha value is -5.33. The molecule has 0 radical (unpaired) electrons. The number of aromatic nitrogens is 2. The molecule has 0 aliphatic heterocycles. The van der Waals surface area contributed by atoms with E-state index in [0.717, 1.165) is 29.3 Å². The van der Waals surface area contributed by atoms with E-state index < -0.39 is 27.3 Å². The summed E-state index contributed by atoms with van der Waals surface area (Å²) in [5, 5.41) is 29.2. The molecule has 38 heavy (non-hydrogen) atoms. The molecule has 0 unspecified atom stereocenters. The number of nitro benzene ring substituents is 2. The largest absolute Gasteiger partial charge is 0.464 e. The second-order valence-electron chi connectivity index (χ2n) is 8.18. The highest BCUT2D eigenvalue weighted by Gasteiger charge is 2.18. The van der Waals surface area contributed by atoms with Gasteiger partial charge in [0.05, 0.1) is 21.6 Å². The highest BCUT2D eigenvalue weighted by atomic mass is 19.1. The van der Waals surface area contributed by atoms with E-state index >= 15 is 0 Å². The summed E-state index contributed by atoms with van der Waals surface area (Å²) in [6.45, 7) is 3.37. The lowest BCUT2D eigenvalue weighted by Gasteiger charge is -2.11. The van der Waals surface area contributed by atoms with Crippen LogP contribution in [-0.2, 0) is 6.73 Å². The third kappa shape index (κ3) is 6.07. The summed E-state index contributed by atoms with van der Waals surface area (Å²) in [6, 6.07) is 13.6. The van der Waals surface area contributed by atoms with Crippen LogP contribution in [0.25, 0.3) is 0 Å². The fraction of sp³-hybridized carbons (Fsp3) is 0.120. The van der Waals surface area contributed by atoms with E-state index in [1.165, 1.54) is 35.1 Å². The number of hydrogen-bond acceptors (Lipinski definition) is 8. The van der Waals surface area contributed by atoms with Crippen LogP contribution in [0.3, 0.4) is 0 Å². The maximum atomic E-state index is 13.5. The molecular weight excluding hydrogens is 501 g/mol. The summed E-state index contributed by atoms with van der Waals surface area (Å²) in [5.74, 6) is -1.04. The summed E-state index contributed by atoms with van der Waals surface area (Å²) in [5.41, 5.74) is 1.08. The summed E-state index contributed by atoms with van der Waals surface area (Å²) in [6.07, 6.45) is 1.38. The minimum Gasteiger partial charge on any atom is -0.464 e. The van der Waals surface area contributed by atoms with Crippen molar-refractivity contribution in [3.05, 3.63) is 110 Å². The second kappa shape index (κ2) is 10.7. The van der Waals surface area contributed by atoms with E-state index in [-0.39, 0.29) is 35.3 Å². The molecule has 12 nitrogen and oxygen atoms in total. The molecule has 13 heteroatoms. The fourth-order valence-electron chi connectivity index (χ4n) is 3.40. The molecule has 1 amide bonds. The van der Waals surface area contributed by atoms with Gasteiger partial charge in [0.1, 0.15) is 17.3 Å². The van der Waals surface area contributed by atoms with Crippen molar-refractivity contribution in [2.45, 2.75) is 20.6 Å². The number of aryl methyl sites for hydroxylation is 2. The number of nitro groups is 2. The van der Waals surface area contributed by atoms with E-state index in [2.05, 4.69) is 10.4 Å². The lowest BCUT2D eigenvalue weighted by atomic mass is 10.1. The monoisotopic (exact) mass is 521 g/mol. The van der Waals surface area contributed by atoms with E-state index in [4.69, 9.17) is 9.47 Å². The lowest BCUT2D eigenvalue weighted by molar-refractivity contribution is -0.386. The van der Waals surface area contributed by atoms with Crippen LogP contribution in [-0.4, -0.2) is 25.5 Å². The number of hydrogen-bond donors (Lipinski definition) is 1. The third-order valence-corrected chi connectivity index (χ3v) is 5.28. The Kier molecular flexibility index (Phi) is 7.28. The van der Waals surface area contributed by atoms with Crippen molar-refractivity contribution in [2.24, 2.45) is 0 Å². The first-order valence-electron chi connectivity index (χ1n) is 11.0. The Morgan fingerprint density at radius 1 is 1.00 bits per heavy atom. The minimum absolute atomic E-state index is 0.0640. The number of anilines is 1. The Morgan fingerprint density at radius 3 is 2.53 bits per heavy atom. The van der Waals surface area contributed by atoms with Crippen LogP contribution in [0.15, 0.2) is 66.9 Å². The average molecular weight is 521 g/mol. The molecule has 0 atom stereocenters. The first-order chi connectivity index (χ1) is 18.1. The van der Waals surface area contributed by atoms with Crippen molar-refractivity contribution in [3.63, 3.8) is 0 Å². The molecule has 1 aromatic heterocycles. The highest BCUT2D eigenvalue weighted by Crippen LogP contribution is 2.32. The number of non-ortho nitro benzene ring substituents is 1. The Balaban J connectivity index is 1.49. The molecule has 0 bridgehead atoms. The van der Waals surface area contributed by atoms with Crippen LogP contribution in [0.2, 0.25) is 0 Å². The molecule has 0 saturated carbocycles. The number of ether oxygens (including phenoxy) is 2. The van der Waals surface area contributed by atoms with Gasteiger partial charge >= 0.3 is 5.69 Å². The summed E-state index contributed by atoms with van der Waals surface area (Å²) in [4.78, 5) is 34.0. The van der Waals surface area contributed by atoms with E-state index in [1.807, 2.05) is 26.0 Å². The summed E-state index contributed by atoms with van der Waals surface area (Å²) >= 11 is 0. The average Bonchev–Trinajstić information content (AvgIpc) is 3.34. The Morgan fingerprint density at radius 2 is 1.79 bits per heavy atom. The molecule has 0 spiro atoms. The van der Waals surface area contributed by atoms with E-state index in [0.29, 0.717) is 5.75 Å². The molecule has 0 aliphatic rings. The van der Waals surface area contributed by atoms with Crippen molar-refractivity contribution >= 4 is 23.0 Å². The standard InChI is InChI=1S/C25H20FN5O7/c1-15-3-4-16(2)23(9-15)38-20-12-18(11-19(13-20)30(33)34)27-25(32)21-7-8-29(28-21)14-37-24-10-17(26)5-6-22(24)31(35)36/h3-13H,14H2,1-2H3,(H,27,32). The van der Waals surface area contributed by atoms with Gasteiger partial charge < -0.3 is 14.8 Å². The SMILES string of the molecule is Cc1ccc(C)c(Oc2cc(NC(=O)c3ccn(COc4cc(F)ccc4[N+](=O)[O-])n3)cc([N+](=O)[O-])c2)c1. The molecule has 1 N–H and O–H groups in total. The maximum absolute atomic E-state index is 13.5. The van der Waals surface area contributed by atoms with Crippen LogP contribution in [0.5, 0.6) is 17.2 Å². The van der Waals surface area contributed by atoms with Gasteiger partial charge in [-0.05, 0) is 43.2 Å². The first-order valence-corrected chi connectivity index (χ1v) is 11.0. The summed E-state index contributed by atoms with van der Waals surface area (Å²) < 4.78 is 25.8. The van der Waals surface area contributed by atoms with Gasteiger partial charge in [-0.25, -0.2) is 9.07 Å². The van der Waals surface area contributed by atoms with Crippen LogP contribution < -0.4 is 14.8 Å². The number of carbonyl (C=O) groups is 1. The molecule has 0 aliphatic carbocycles. The predicted octanol–water partition coefficient (Wildman–Crippen LogP) is 5.54. The predicted molar refractivity (Wildman–Crippen MR) is 133 cm³/mol. The van der Waals surface area contributed by atoms with Crippen LogP contribution in [0.1, 0.15) is 21.6 Å². The van der Waals surface area contributed by atoms with Gasteiger partial charge in [0.2, 0.25) is 5.75 Å². The molecule has 3 aromatic carbocycles. The quantitative estimate of drug-likeness (QED) is 0.223. The van der Waals surface area contributed by atoms with Crippen molar-refractivity contribution < 1.29 is 28.5 Å². The Labute approximate surface area is 214 Å². The van der Waals surface area contributed by atoms with Gasteiger partial charge in [-0.3, -0.25) is 25.0 Å².